The van der Waals surface area contributed by atoms with E-state index < -0.39 is 0 Å². The fourth-order valence-corrected chi connectivity index (χ4v) is 6.62. The minimum Gasteiger partial charge on any atom is -0.455 e. The van der Waals surface area contributed by atoms with Gasteiger partial charge in [-0.1, -0.05) is 115 Å². The van der Waals surface area contributed by atoms with Gasteiger partial charge in [0, 0.05) is 27.2 Å². The highest BCUT2D eigenvalue weighted by molar-refractivity contribution is 6.27. The summed E-state index contributed by atoms with van der Waals surface area (Å²) in [5, 5.41) is 7.09. The standard InChI is InChI=1S/C40H25NO/c1-2-9-26(10-3-1)27-17-19-28(20-18-27)30-12-8-13-31(25-30)41-36-16-7-6-15-33(36)34-23-24-37-38(39(34)41)35-22-21-29-11-4-5-14-32(29)40(35)42-37/h1-25H. The highest BCUT2D eigenvalue weighted by Gasteiger charge is 2.20. The third-order valence-corrected chi connectivity index (χ3v) is 8.59. The average Bonchev–Trinajstić information content (AvgIpc) is 3.61. The first-order chi connectivity index (χ1) is 20.8. The zero-order valence-corrected chi connectivity index (χ0v) is 22.8. The van der Waals surface area contributed by atoms with Gasteiger partial charge in [0.15, 0.2) is 0 Å². The summed E-state index contributed by atoms with van der Waals surface area (Å²) in [6, 6.07) is 54.2. The van der Waals surface area contributed by atoms with Crippen LogP contribution in [0, 0.1) is 0 Å². The highest BCUT2D eigenvalue weighted by Crippen LogP contribution is 2.42. The number of aromatic nitrogens is 1. The number of para-hydroxylation sites is 1. The van der Waals surface area contributed by atoms with Crippen molar-refractivity contribution in [3.63, 3.8) is 0 Å². The molecule has 0 bridgehead atoms. The van der Waals surface area contributed by atoms with Crippen molar-refractivity contribution in [3.05, 3.63) is 152 Å². The van der Waals surface area contributed by atoms with Gasteiger partial charge in [0.1, 0.15) is 11.2 Å². The van der Waals surface area contributed by atoms with Gasteiger partial charge in [0.25, 0.3) is 0 Å². The second kappa shape index (κ2) is 8.95. The topological polar surface area (TPSA) is 18.1 Å². The summed E-state index contributed by atoms with van der Waals surface area (Å²) in [6.07, 6.45) is 0. The van der Waals surface area contributed by atoms with E-state index in [0.717, 1.165) is 33.0 Å². The summed E-state index contributed by atoms with van der Waals surface area (Å²) in [6.45, 7) is 0. The van der Waals surface area contributed by atoms with Gasteiger partial charge in [-0.15, -0.1) is 0 Å². The molecule has 0 unspecified atom stereocenters. The Morgan fingerprint density at radius 2 is 1.10 bits per heavy atom. The number of furan rings is 1. The van der Waals surface area contributed by atoms with E-state index in [1.54, 1.807) is 0 Å². The maximum absolute atomic E-state index is 6.59. The molecule has 0 atom stereocenters. The predicted octanol–water partition coefficient (Wildman–Crippen LogP) is 11.2. The Balaban J connectivity index is 1.30. The van der Waals surface area contributed by atoms with Crippen molar-refractivity contribution >= 4 is 54.5 Å². The molecule has 2 nitrogen and oxygen atoms in total. The van der Waals surface area contributed by atoms with Crippen LogP contribution >= 0.6 is 0 Å². The largest absolute Gasteiger partial charge is 0.455 e. The van der Waals surface area contributed by atoms with E-state index in [1.807, 2.05) is 0 Å². The molecule has 0 radical (unpaired) electrons. The first-order valence-electron chi connectivity index (χ1n) is 14.4. The van der Waals surface area contributed by atoms with Crippen LogP contribution in [0.2, 0.25) is 0 Å². The van der Waals surface area contributed by atoms with Crippen LogP contribution in [0.4, 0.5) is 0 Å². The van der Waals surface area contributed by atoms with Crippen molar-refractivity contribution in [2.75, 3.05) is 0 Å². The highest BCUT2D eigenvalue weighted by atomic mass is 16.3. The molecule has 0 N–H and O–H groups in total. The lowest BCUT2D eigenvalue weighted by Crippen LogP contribution is -1.94. The van der Waals surface area contributed by atoms with Crippen LogP contribution in [-0.4, -0.2) is 4.57 Å². The molecule has 0 saturated heterocycles. The van der Waals surface area contributed by atoms with Gasteiger partial charge in [-0.05, 0) is 64.0 Å². The molecule has 0 spiro atoms. The molecule has 0 fully saturated rings. The van der Waals surface area contributed by atoms with Gasteiger partial charge < -0.3 is 8.98 Å². The predicted molar refractivity (Wildman–Crippen MR) is 176 cm³/mol. The molecule has 0 aliphatic heterocycles. The Bertz CT molecular complexity index is 2440. The molecule has 2 heterocycles. The number of nitrogens with zero attached hydrogens (tertiary/aromatic N) is 1. The van der Waals surface area contributed by atoms with Gasteiger partial charge in [-0.2, -0.15) is 0 Å². The van der Waals surface area contributed by atoms with Crippen molar-refractivity contribution in [2.45, 2.75) is 0 Å². The number of hydrogen-bond donors (Lipinski definition) is 0. The van der Waals surface area contributed by atoms with E-state index in [4.69, 9.17) is 4.42 Å². The average molecular weight is 536 g/mol. The van der Waals surface area contributed by atoms with Crippen molar-refractivity contribution in [2.24, 2.45) is 0 Å². The van der Waals surface area contributed by atoms with Crippen molar-refractivity contribution < 1.29 is 4.42 Å². The molecule has 9 rings (SSSR count). The maximum atomic E-state index is 6.59. The SMILES string of the molecule is c1ccc(-c2ccc(-c3cccc(-n4c5ccccc5c5ccc6oc7c8ccccc8ccc7c6c54)c3)cc2)cc1. The smallest absolute Gasteiger partial charge is 0.143 e. The summed E-state index contributed by atoms with van der Waals surface area (Å²) in [5.41, 5.74) is 10.2. The maximum Gasteiger partial charge on any atom is 0.143 e. The zero-order valence-electron chi connectivity index (χ0n) is 22.8. The molecule has 7 aromatic carbocycles. The van der Waals surface area contributed by atoms with Crippen LogP contribution in [0.5, 0.6) is 0 Å². The number of fused-ring (bicyclic) bond motifs is 9. The summed E-state index contributed by atoms with van der Waals surface area (Å²) >= 11 is 0. The molecule has 2 heteroatoms. The quantitative estimate of drug-likeness (QED) is 0.220. The Hall–Kier alpha value is -5.60. The lowest BCUT2D eigenvalue weighted by atomic mass is 10.00. The summed E-state index contributed by atoms with van der Waals surface area (Å²) < 4.78 is 9.00. The Labute approximate surface area is 242 Å². The van der Waals surface area contributed by atoms with Gasteiger partial charge in [0.05, 0.1) is 16.4 Å². The molecule has 196 valence electrons. The van der Waals surface area contributed by atoms with E-state index in [2.05, 4.69) is 156 Å². The summed E-state index contributed by atoms with van der Waals surface area (Å²) in [5.74, 6) is 0. The minimum atomic E-state index is 0.908. The van der Waals surface area contributed by atoms with Crippen LogP contribution < -0.4 is 0 Å². The van der Waals surface area contributed by atoms with Crippen molar-refractivity contribution in [3.8, 4) is 27.9 Å². The van der Waals surface area contributed by atoms with E-state index in [9.17, 15) is 0 Å². The normalized spacial score (nSPS) is 11.8. The molecule has 2 aromatic heterocycles. The third-order valence-electron chi connectivity index (χ3n) is 8.59. The summed E-state index contributed by atoms with van der Waals surface area (Å²) in [7, 11) is 0. The van der Waals surface area contributed by atoms with Gasteiger partial charge in [-0.3, -0.25) is 0 Å². The molecule has 0 aliphatic rings. The molecule has 0 saturated carbocycles. The molecule has 42 heavy (non-hydrogen) atoms. The van der Waals surface area contributed by atoms with Crippen LogP contribution in [-0.2, 0) is 0 Å². The molecular formula is C40H25NO. The second-order valence-electron chi connectivity index (χ2n) is 10.9. The number of hydrogen-bond acceptors (Lipinski definition) is 1. The lowest BCUT2D eigenvalue weighted by Gasteiger charge is -2.11. The van der Waals surface area contributed by atoms with Gasteiger partial charge in [0.2, 0.25) is 0 Å². The van der Waals surface area contributed by atoms with Gasteiger partial charge >= 0.3 is 0 Å². The van der Waals surface area contributed by atoms with Crippen LogP contribution in [0.1, 0.15) is 0 Å². The number of benzene rings is 7. The fourth-order valence-electron chi connectivity index (χ4n) is 6.62. The summed E-state index contributed by atoms with van der Waals surface area (Å²) in [4.78, 5) is 0. The van der Waals surface area contributed by atoms with Crippen LogP contribution in [0.15, 0.2) is 156 Å². The van der Waals surface area contributed by atoms with Crippen molar-refractivity contribution in [1.29, 1.82) is 0 Å². The Morgan fingerprint density at radius 3 is 1.95 bits per heavy atom. The molecule has 0 amide bonds. The van der Waals surface area contributed by atoms with E-state index in [0.29, 0.717) is 0 Å². The van der Waals surface area contributed by atoms with Crippen molar-refractivity contribution in [1.82, 2.24) is 4.57 Å². The first kappa shape index (κ1) is 23.1. The van der Waals surface area contributed by atoms with E-state index in [1.165, 1.54) is 49.4 Å². The Morgan fingerprint density at radius 1 is 0.429 bits per heavy atom. The van der Waals surface area contributed by atoms with Crippen LogP contribution in [0.3, 0.4) is 0 Å². The Kier molecular flexibility index (Phi) is 4.93. The minimum absolute atomic E-state index is 0.908. The van der Waals surface area contributed by atoms with Gasteiger partial charge in [-0.25, -0.2) is 0 Å². The van der Waals surface area contributed by atoms with Crippen LogP contribution in [0.25, 0.3) is 82.5 Å². The monoisotopic (exact) mass is 535 g/mol. The molecule has 0 aliphatic carbocycles. The second-order valence-corrected chi connectivity index (χ2v) is 10.9. The number of rotatable bonds is 3. The fraction of sp³-hybridized carbons (Fsp3) is 0. The van der Waals surface area contributed by atoms with E-state index in [-0.39, 0.29) is 0 Å². The molecule has 9 aromatic rings. The first-order valence-corrected chi connectivity index (χ1v) is 14.4. The lowest BCUT2D eigenvalue weighted by molar-refractivity contribution is 0.673. The molecular weight excluding hydrogens is 510 g/mol. The zero-order chi connectivity index (χ0) is 27.6. The third kappa shape index (κ3) is 3.39. The van der Waals surface area contributed by atoms with E-state index >= 15 is 0 Å².